The lowest BCUT2D eigenvalue weighted by molar-refractivity contribution is -0.384. The lowest BCUT2D eigenvalue weighted by Gasteiger charge is -2.16. The summed E-state index contributed by atoms with van der Waals surface area (Å²) >= 11 is 1.42. The van der Waals surface area contributed by atoms with Crippen molar-refractivity contribution in [3.8, 4) is 0 Å². The van der Waals surface area contributed by atoms with Crippen LogP contribution in [0.2, 0.25) is 0 Å². The first-order chi connectivity index (χ1) is 8.32. The van der Waals surface area contributed by atoms with Crippen LogP contribution < -0.4 is 0 Å². The highest BCUT2D eigenvalue weighted by Gasteiger charge is 2.19. The van der Waals surface area contributed by atoms with Crippen LogP contribution in [0.3, 0.4) is 0 Å². The van der Waals surface area contributed by atoms with Crippen molar-refractivity contribution in [2.45, 2.75) is 30.9 Å². The first kappa shape index (κ1) is 14.5. The maximum atomic E-state index is 11.1. The van der Waals surface area contributed by atoms with Crippen LogP contribution in [0.5, 0.6) is 0 Å². The molecule has 0 aliphatic heterocycles. The molecule has 98 valence electrons. The monoisotopic (exact) mass is 269 g/mol. The summed E-state index contributed by atoms with van der Waals surface area (Å²) in [5.41, 5.74) is -0.212. The van der Waals surface area contributed by atoms with Crippen molar-refractivity contribution in [2.75, 3.05) is 0 Å². The highest BCUT2D eigenvalue weighted by molar-refractivity contribution is 8.00. The van der Waals surface area contributed by atoms with Crippen LogP contribution in [0, 0.1) is 16.0 Å². The lowest BCUT2D eigenvalue weighted by Crippen LogP contribution is -2.08. The molecule has 18 heavy (non-hydrogen) atoms. The number of nitro groups is 1. The summed E-state index contributed by atoms with van der Waals surface area (Å²) in [6, 6.07) is 3.95. The second-order valence-corrected chi connectivity index (χ2v) is 5.73. The van der Waals surface area contributed by atoms with Crippen LogP contribution in [0.4, 0.5) is 5.69 Å². The third kappa shape index (κ3) is 3.46. The minimum absolute atomic E-state index is 0.0123. The van der Waals surface area contributed by atoms with Gasteiger partial charge in [-0.2, -0.15) is 0 Å². The van der Waals surface area contributed by atoms with E-state index in [1.165, 1.54) is 23.9 Å². The summed E-state index contributed by atoms with van der Waals surface area (Å²) in [6.07, 6.45) is 0. The van der Waals surface area contributed by atoms with E-state index in [0.29, 0.717) is 10.8 Å². The second kappa shape index (κ2) is 5.86. The van der Waals surface area contributed by atoms with Crippen LogP contribution in [0.25, 0.3) is 0 Å². The number of hydrogen-bond donors (Lipinski definition) is 1. The third-order valence-corrected chi connectivity index (χ3v) is 4.18. The first-order valence-corrected chi connectivity index (χ1v) is 6.39. The van der Waals surface area contributed by atoms with Gasteiger partial charge >= 0.3 is 5.97 Å². The molecule has 0 aromatic heterocycles. The summed E-state index contributed by atoms with van der Waals surface area (Å²) in [5.74, 6) is -0.746. The zero-order chi connectivity index (χ0) is 13.9. The van der Waals surface area contributed by atoms with Gasteiger partial charge in [0.25, 0.3) is 5.69 Å². The molecule has 0 aliphatic rings. The van der Waals surface area contributed by atoms with Crippen molar-refractivity contribution in [3.05, 3.63) is 33.9 Å². The fourth-order valence-electron chi connectivity index (χ4n) is 1.24. The summed E-state index contributed by atoms with van der Waals surface area (Å²) in [5, 5.41) is 20.0. The summed E-state index contributed by atoms with van der Waals surface area (Å²) < 4.78 is 0. The average Bonchev–Trinajstić information content (AvgIpc) is 2.28. The number of benzene rings is 1. The number of nitrogens with zero attached hydrogens (tertiary/aromatic N) is 1. The van der Waals surface area contributed by atoms with Gasteiger partial charge in [-0.15, -0.1) is 11.8 Å². The molecule has 5 nitrogen and oxygen atoms in total. The molecular weight excluding hydrogens is 254 g/mol. The van der Waals surface area contributed by atoms with Crippen LogP contribution in [-0.2, 0) is 0 Å². The van der Waals surface area contributed by atoms with E-state index in [-0.39, 0.29) is 16.5 Å². The highest BCUT2D eigenvalue weighted by atomic mass is 32.2. The lowest BCUT2D eigenvalue weighted by atomic mass is 10.1. The smallest absolute Gasteiger partial charge is 0.337 e. The minimum Gasteiger partial charge on any atom is -0.478 e. The van der Waals surface area contributed by atoms with Gasteiger partial charge in [-0.25, -0.2) is 4.79 Å². The number of carboxylic acid groups (broad SMARTS) is 1. The van der Waals surface area contributed by atoms with Crippen molar-refractivity contribution < 1.29 is 14.8 Å². The molecule has 0 bridgehead atoms. The molecule has 1 aromatic rings. The van der Waals surface area contributed by atoms with E-state index in [1.54, 1.807) is 0 Å². The molecule has 1 rings (SSSR count). The molecule has 1 atom stereocenters. The minimum atomic E-state index is -1.14. The van der Waals surface area contributed by atoms with Crippen LogP contribution in [0.15, 0.2) is 23.1 Å². The summed E-state index contributed by atoms with van der Waals surface area (Å²) in [7, 11) is 0. The summed E-state index contributed by atoms with van der Waals surface area (Å²) in [4.78, 5) is 21.7. The Balaban J connectivity index is 3.12. The Morgan fingerprint density at radius 2 is 2.00 bits per heavy atom. The maximum absolute atomic E-state index is 11.1. The molecule has 0 heterocycles. The van der Waals surface area contributed by atoms with Gasteiger partial charge in [0.1, 0.15) is 0 Å². The van der Waals surface area contributed by atoms with Gasteiger partial charge in [0.15, 0.2) is 0 Å². The zero-order valence-electron chi connectivity index (χ0n) is 10.4. The summed E-state index contributed by atoms with van der Waals surface area (Å²) in [6.45, 7) is 6.09. The number of rotatable bonds is 5. The van der Waals surface area contributed by atoms with Gasteiger partial charge in [0, 0.05) is 22.3 Å². The van der Waals surface area contributed by atoms with Gasteiger partial charge in [-0.1, -0.05) is 20.8 Å². The molecule has 0 spiro atoms. The molecule has 1 unspecified atom stereocenters. The molecule has 0 radical (unpaired) electrons. The van der Waals surface area contributed by atoms with E-state index < -0.39 is 10.9 Å². The zero-order valence-corrected chi connectivity index (χ0v) is 11.2. The quantitative estimate of drug-likeness (QED) is 0.503. The van der Waals surface area contributed by atoms with Gasteiger partial charge in [0.2, 0.25) is 0 Å². The Morgan fingerprint density at radius 3 is 2.44 bits per heavy atom. The topological polar surface area (TPSA) is 80.4 Å². The van der Waals surface area contributed by atoms with Crippen LogP contribution >= 0.6 is 11.8 Å². The predicted octanol–water partition coefficient (Wildman–Crippen LogP) is 3.43. The number of non-ortho nitro benzene ring substituents is 1. The highest BCUT2D eigenvalue weighted by Crippen LogP contribution is 2.32. The van der Waals surface area contributed by atoms with Crippen molar-refractivity contribution in [3.63, 3.8) is 0 Å². The fraction of sp³-hybridized carbons (Fsp3) is 0.417. The number of carboxylic acids is 1. The van der Waals surface area contributed by atoms with E-state index in [0.717, 1.165) is 6.07 Å². The van der Waals surface area contributed by atoms with Crippen molar-refractivity contribution in [1.82, 2.24) is 0 Å². The number of aromatic carboxylic acids is 1. The third-order valence-electron chi connectivity index (χ3n) is 2.66. The molecule has 0 saturated carbocycles. The molecule has 1 aromatic carbocycles. The Hall–Kier alpha value is -1.56. The van der Waals surface area contributed by atoms with Gasteiger partial charge in [-0.05, 0) is 12.0 Å². The molecule has 0 aliphatic carbocycles. The largest absolute Gasteiger partial charge is 0.478 e. The van der Waals surface area contributed by atoms with E-state index in [9.17, 15) is 14.9 Å². The van der Waals surface area contributed by atoms with E-state index in [2.05, 4.69) is 0 Å². The Bertz CT molecular complexity index is 473. The predicted molar refractivity (Wildman–Crippen MR) is 70.2 cm³/mol. The number of hydrogen-bond acceptors (Lipinski definition) is 4. The molecule has 6 heteroatoms. The molecule has 0 saturated heterocycles. The second-order valence-electron chi connectivity index (χ2n) is 4.31. The van der Waals surface area contributed by atoms with Crippen molar-refractivity contribution >= 4 is 23.4 Å². The van der Waals surface area contributed by atoms with Crippen molar-refractivity contribution in [1.29, 1.82) is 0 Å². The Labute approximate surface area is 109 Å². The van der Waals surface area contributed by atoms with E-state index in [1.807, 2.05) is 20.8 Å². The van der Waals surface area contributed by atoms with Crippen molar-refractivity contribution in [2.24, 2.45) is 5.92 Å². The fourth-order valence-corrected chi connectivity index (χ4v) is 2.33. The number of carbonyl (C=O) groups is 1. The Kier molecular flexibility index (Phi) is 4.72. The van der Waals surface area contributed by atoms with Gasteiger partial charge in [-0.3, -0.25) is 10.1 Å². The first-order valence-electron chi connectivity index (χ1n) is 5.51. The van der Waals surface area contributed by atoms with Gasteiger partial charge in [0.05, 0.1) is 10.5 Å². The molecule has 0 amide bonds. The van der Waals surface area contributed by atoms with Crippen LogP contribution in [-0.4, -0.2) is 21.2 Å². The van der Waals surface area contributed by atoms with Crippen LogP contribution in [0.1, 0.15) is 31.1 Å². The Morgan fingerprint density at radius 1 is 1.39 bits per heavy atom. The maximum Gasteiger partial charge on any atom is 0.337 e. The normalized spacial score (nSPS) is 12.4. The van der Waals surface area contributed by atoms with E-state index in [4.69, 9.17) is 5.11 Å². The SMILES string of the molecule is CC(C)C(C)Sc1ccc([N+](=O)[O-])cc1C(=O)O. The number of thioether (sulfide) groups is 1. The molecular formula is C12H15NO4S. The standard InChI is InChI=1S/C12H15NO4S/c1-7(2)8(3)18-11-5-4-9(13(16)17)6-10(11)12(14)15/h4-8H,1-3H3,(H,14,15). The van der Waals surface area contributed by atoms with E-state index >= 15 is 0 Å². The molecule has 0 fully saturated rings. The molecule has 1 N–H and O–H groups in total. The average molecular weight is 269 g/mol. The van der Waals surface area contributed by atoms with Gasteiger partial charge < -0.3 is 5.11 Å². The number of nitro benzene ring substituents is 1.